The van der Waals surface area contributed by atoms with E-state index in [2.05, 4.69) is 5.16 Å². The summed E-state index contributed by atoms with van der Waals surface area (Å²) in [4.78, 5) is 14.0. The van der Waals surface area contributed by atoms with Gasteiger partial charge in [0.15, 0.2) is 5.84 Å². The van der Waals surface area contributed by atoms with Crippen LogP contribution in [0.2, 0.25) is 0 Å². The van der Waals surface area contributed by atoms with Gasteiger partial charge in [0.05, 0.1) is 12.6 Å². The SMILES string of the molecule is CC1CCN(C(=O)C(C)(C)C(N)=NO)C1CO. The van der Waals surface area contributed by atoms with Crippen molar-refractivity contribution in [1.82, 2.24) is 4.90 Å². The van der Waals surface area contributed by atoms with Crippen LogP contribution in [0.3, 0.4) is 0 Å². The van der Waals surface area contributed by atoms with Crippen molar-refractivity contribution in [3.63, 3.8) is 0 Å². The lowest BCUT2D eigenvalue weighted by Crippen LogP contribution is -2.51. The molecule has 1 fully saturated rings. The number of nitrogens with zero attached hydrogens (tertiary/aromatic N) is 2. The van der Waals surface area contributed by atoms with E-state index in [9.17, 15) is 9.90 Å². The number of likely N-dealkylation sites (tertiary alicyclic amines) is 1. The van der Waals surface area contributed by atoms with Crippen molar-refractivity contribution in [2.24, 2.45) is 22.2 Å². The van der Waals surface area contributed by atoms with Crippen molar-refractivity contribution in [2.45, 2.75) is 33.2 Å². The largest absolute Gasteiger partial charge is 0.409 e. The van der Waals surface area contributed by atoms with Gasteiger partial charge in [-0.05, 0) is 26.2 Å². The first-order chi connectivity index (χ1) is 7.86. The number of nitrogens with two attached hydrogens (primary N) is 1. The summed E-state index contributed by atoms with van der Waals surface area (Å²) < 4.78 is 0. The van der Waals surface area contributed by atoms with Gasteiger partial charge in [-0.2, -0.15) is 0 Å². The minimum Gasteiger partial charge on any atom is -0.409 e. The van der Waals surface area contributed by atoms with Crippen LogP contribution in [-0.4, -0.2) is 46.1 Å². The first-order valence-electron chi connectivity index (χ1n) is 5.76. The summed E-state index contributed by atoms with van der Waals surface area (Å²) in [5.74, 6) is -0.0537. The summed E-state index contributed by atoms with van der Waals surface area (Å²) >= 11 is 0. The van der Waals surface area contributed by atoms with Gasteiger partial charge in [-0.15, -0.1) is 0 Å². The highest BCUT2D eigenvalue weighted by atomic mass is 16.4. The smallest absolute Gasteiger partial charge is 0.236 e. The van der Waals surface area contributed by atoms with Gasteiger partial charge in [0.1, 0.15) is 5.41 Å². The summed E-state index contributed by atoms with van der Waals surface area (Å²) in [5.41, 5.74) is 4.48. The predicted molar refractivity (Wildman–Crippen MR) is 63.6 cm³/mol. The maximum atomic E-state index is 12.3. The molecular weight excluding hydrogens is 222 g/mol. The highest BCUT2D eigenvalue weighted by Gasteiger charge is 2.42. The van der Waals surface area contributed by atoms with Crippen LogP contribution in [0.1, 0.15) is 27.2 Å². The van der Waals surface area contributed by atoms with Gasteiger partial charge in [-0.1, -0.05) is 12.1 Å². The molecule has 0 aromatic rings. The molecule has 4 N–H and O–H groups in total. The maximum absolute atomic E-state index is 12.3. The molecule has 0 aromatic carbocycles. The lowest BCUT2D eigenvalue weighted by atomic mass is 9.89. The predicted octanol–water partition coefficient (Wildman–Crippen LogP) is -0.0117. The number of hydrogen-bond donors (Lipinski definition) is 3. The van der Waals surface area contributed by atoms with E-state index in [1.54, 1.807) is 18.7 Å². The average molecular weight is 243 g/mol. The maximum Gasteiger partial charge on any atom is 0.236 e. The lowest BCUT2D eigenvalue weighted by molar-refractivity contribution is -0.139. The molecule has 6 nitrogen and oxygen atoms in total. The van der Waals surface area contributed by atoms with E-state index in [-0.39, 0.29) is 30.3 Å². The number of aliphatic hydroxyl groups is 1. The van der Waals surface area contributed by atoms with Crippen molar-refractivity contribution in [1.29, 1.82) is 0 Å². The Labute approximate surface area is 101 Å². The van der Waals surface area contributed by atoms with E-state index in [1.807, 2.05) is 6.92 Å². The van der Waals surface area contributed by atoms with Gasteiger partial charge in [-0.3, -0.25) is 4.79 Å². The fraction of sp³-hybridized carbons (Fsp3) is 0.818. The van der Waals surface area contributed by atoms with Gasteiger partial charge in [-0.25, -0.2) is 0 Å². The number of oxime groups is 1. The van der Waals surface area contributed by atoms with E-state index >= 15 is 0 Å². The van der Waals surface area contributed by atoms with E-state index in [4.69, 9.17) is 10.9 Å². The fourth-order valence-corrected chi connectivity index (χ4v) is 2.13. The third kappa shape index (κ3) is 2.36. The third-order valence-electron chi connectivity index (χ3n) is 3.61. The molecule has 1 amide bonds. The Morgan fingerprint density at radius 1 is 1.59 bits per heavy atom. The molecule has 17 heavy (non-hydrogen) atoms. The molecule has 6 heteroatoms. The lowest BCUT2D eigenvalue weighted by Gasteiger charge is -2.32. The average Bonchev–Trinajstić information content (AvgIpc) is 2.67. The van der Waals surface area contributed by atoms with E-state index in [0.29, 0.717) is 6.54 Å². The topological polar surface area (TPSA) is 99.2 Å². The van der Waals surface area contributed by atoms with Crippen molar-refractivity contribution in [2.75, 3.05) is 13.2 Å². The first-order valence-corrected chi connectivity index (χ1v) is 5.76. The standard InChI is InChI=1S/C11H21N3O3/c1-7-4-5-14(8(7)6-15)10(16)11(2,3)9(12)13-17/h7-8,15,17H,4-6H2,1-3H3,(H2,12,13). The molecule has 1 saturated heterocycles. The summed E-state index contributed by atoms with van der Waals surface area (Å²) in [7, 11) is 0. The van der Waals surface area contributed by atoms with Gasteiger partial charge in [0.2, 0.25) is 5.91 Å². The van der Waals surface area contributed by atoms with Crippen molar-refractivity contribution < 1.29 is 15.1 Å². The molecule has 0 spiro atoms. The van der Waals surface area contributed by atoms with Crippen LogP contribution < -0.4 is 5.73 Å². The molecule has 1 aliphatic rings. The Morgan fingerprint density at radius 2 is 2.18 bits per heavy atom. The van der Waals surface area contributed by atoms with Gasteiger partial charge in [0.25, 0.3) is 0 Å². The van der Waals surface area contributed by atoms with E-state index < -0.39 is 5.41 Å². The minimum atomic E-state index is -1.05. The number of rotatable bonds is 3. The molecule has 0 saturated carbocycles. The zero-order valence-electron chi connectivity index (χ0n) is 10.6. The molecular formula is C11H21N3O3. The van der Waals surface area contributed by atoms with Crippen LogP contribution in [0.15, 0.2) is 5.16 Å². The van der Waals surface area contributed by atoms with E-state index in [1.165, 1.54) is 0 Å². The Morgan fingerprint density at radius 3 is 2.65 bits per heavy atom. The summed E-state index contributed by atoms with van der Waals surface area (Å²) in [6.07, 6.45) is 0.864. The number of amides is 1. The molecule has 0 aliphatic carbocycles. The minimum absolute atomic E-state index is 0.0564. The number of carbonyl (C=O) groups excluding carboxylic acids is 1. The second kappa shape index (κ2) is 4.91. The van der Waals surface area contributed by atoms with E-state index in [0.717, 1.165) is 6.42 Å². The molecule has 1 rings (SSSR count). The molecule has 2 unspecified atom stereocenters. The normalized spacial score (nSPS) is 26.4. The number of aliphatic hydroxyl groups excluding tert-OH is 1. The van der Waals surface area contributed by atoms with Crippen LogP contribution >= 0.6 is 0 Å². The van der Waals surface area contributed by atoms with Gasteiger partial charge < -0.3 is 20.9 Å². The molecule has 0 aromatic heterocycles. The number of amidine groups is 1. The Kier molecular flexibility index (Phi) is 3.98. The monoisotopic (exact) mass is 243 g/mol. The van der Waals surface area contributed by atoms with Crippen LogP contribution in [0, 0.1) is 11.3 Å². The van der Waals surface area contributed by atoms with Crippen LogP contribution in [0.25, 0.3) is 0 Å². The molecule has 0 radical (unpaired) electrons. The number of hydrogen-bond acceptors (Lipinski definition) is 4. The Balaban J connectivity index is 2.90. The molecule has 98 valence electrons. The molecule has 2 atom stereocenters. The zero-order valence-corrected chi connectivity index (χ0v) is 10.6. The summed E-state index contributed by atoms with van der Waals surface area (Å²) in [5, 5.41) is 20.9. The highest BCUT2D eigenvalue weighted by molar-refractivity contribution is 6.06. The Bertz CT molecular complexity index is 328. The first kappa shape index (κ1) is 13.8. The second-order valence-electron chi connectivity index (χ2n) is 5.12. The highest BCUT2D eigenvalue weighted by Crippen LogP contribution is 2.29. The van der Waals surface area contributed by atoms with Crippen LogP contribution in [0.4, 0.5) is 0 Å². The molecule has 0 bridgehead atoms. The van der Waals surface area contributed by atoms with Crippen molar-refractivity contribution in [3.8, 4) is 0 Å². The van der Waals surface area contributed by atoms with Gasteiger partial charge in [0, 0.05) is 6.54 Å². The zero-order chi connectivity index (χ0) is 13.2. The van der Waals surface area contributed by atoms with Crippen molar-refractivity contribution >= 4 is 11.7 Å². The summed E-state index contributed by atoms with van der Waals surface area (Å²) in [6.45, 7) is 5.78. The second-order valence-corrected chi connectivity index (χ2v) is 5.12. The fourth-order valence-electron chi connectivity index (χ4n) is 2.13. The number of carbonyl (C=O) groups is 1. The van der Waals surface area contributed by atoms with Gasteiger partial charge >= 0.3 is 0 Å². The molecule has 1 heterocycles. The molecule has 1 aliphatic heterocycles. The van der Waals surface area contributed by atoms with Crippen LogP contribution in [-0.2, 0) is 4.79 Å². The van der Waals surface area contributed by atoms with Crippen molar-refractivity contribution in [3.05, 3.63) is 0 Å². The quantitative estimate of drug-likeness (QED) is 0.281. The third-order valence-corrected chi connectivity index (χ3v) is 3.61. The Hall–Kier alpha value is -1.30. The van der Waals surface area contributed by atoms with Crippen LogP contribution in [0.5, 0.6) is 0 Å². The summed E-state index contributed by atoms with van der Waals surface area (Å²) in [6, 6.07) is -0.173.